The molecule has 0 atom stereocenters. The van der Waals surface area contributed by atoms with Crippen LogP contribution in [0.15, 0.2) is 77.7 Å². The van der Waals surface area contributed by atoms with Gasteiger partial charge in [-0.2, -0.15) is 0 Å². The lowest BCUT2D eigenvalue weighted by Gasteiger charge is -2.12. The molecule has 0 saturated heterocycles. The van der Waals surface area contributed by atoms with Gasteiger partial charge >= 0.3 is 5.97 Å². The van der Waals surface area contributed by atoms with Gasteiger partial charge in [-0.25, -0.2) is 13.2 Å². The molecule has 1 aliphatic rings. The van der Waals surface area contributed by atoms with Gasteiger partial charge in [0.25, 0.3) is 10.0 Å². The minimum absolute atomic E-state index is 0.00631. The molecule has 9 heteroatoms. The Hall–Kier alpha value is -3.85. The number of nitrogens with one attached hydrogen (secondary N) is 1. The average molecular weight is 467 g/mol. The van der Waals surface area contributed by atoms with Gasteiger partial charge in [-0.3, -0.25) is 9.52 Å². The van der Waals surface area contributed by atoms with Crippen molar-refractivity contribution in [2.75, 3.05) is 24.5 Å². The van der Waals surface area contributed by atoms with Crippen LogP contribution >= 0.6 is 0 Å². The maximum Gasteiger partial charge on any atom is 0.338 e. The summed E-state index contributed by atoms with van der Waals surface area (Å²) in [6, 6.07) is 18.7. The normalized spacial score (nSPS) is 13.0. The average Bonchev–Trinajstić information content (AvgIpc) is 3.08. The van der Waals surface area contributed by atoms with Gasteiger partial charge in [0.2, 0.25) is 0 Å². The zero-order valence-corrected chi connectivity index (χ0v) is 18.3. The first-order valence-electron chi connectivity index (χ1n) is 10.2. The van der Waals surface area contributed by atoms with Crippen molar-refractivity contribution in [3.8, 4) is 11.5 Å². The highest BCUT2D eigenvalue weighted by molar-refractivity contribution is 7.92. The van der Waals surface area contributed by atoms with E-state index in [1.807, 2.05) is 0 Å². The summed E-state index contributed by atoms with van der Waals surface area (Å²) in [6.45, 7) is 0.508. The molecule has 0 amide bonds. The Balaban J connectivity index is 1.44. The molecule has 8 nitrogen and oxygen atoms in total. The highest BCUT2D eigenvalue weighted by Gasteiger charge is 2.20. The number of carbonyl (C=O) groups excluding carboxylic acids is 2. The van der Waals surface area contributed by atoms with Gasteiger partial charge in [-0.05, 0) is 30.3 Å². The second-order valence-corrected chi connectivity index (χ2v) is 8.89. The van der Waals surface area contributed by atoms with Crippen LogP contribution in [0.3, 0.4) is 0 Å². The van der Waals surface area contributed by atoms with Crippen molar-refractivity contribution in [2.45, 2.75) is 11.3 Å². The molecule has 3 aromatic carbocycles. The van der Waals surface area contributed by atoms with Gasteiger partial charge in [-0.1, -0.05) is 36.4 Å². The van der Waals surface area contributed by atoms with E-state index in [2.05, 4.69) is 4.72 Å². The number of hydrogen-bond acceptors (Lipinski definition) is 7. The van der Waals surface area contributed by atoms with Crippen LogP contribution in [-0.4, -0.2) is 40.0 Å². The lowest BCUT2D eigenvalue weighted by molar-refractivity contribution is 0.0475. The molecule has 0 spiro atoms. The van der Waals surface area contributed by atoms with Crippen molar-refractivity contribution in [3.63, 3.8) is 0 Å². The molecule has 1 heterocycles. The molecule has 33 heavy (non-hydrogen) atoms. The van der Waals surface area contributed by atoms with E-state index in [9.17, 15) is 18.0 Å². The number of fused-ring (bicyclic) bond motifs is 1. The Morgan fingerprint density at radius 2 is 1.58 bits per heavy atom. The summed E-state index contributed by atoms with van der Waals surface area (Å²) in [7, 11) is -3.95. The topological polar surface area (TPSA) is 108 Å². The molecule has 0 aliphatic carbocycles. The van der Waals surface area contributed by atoms with Gasteiger partial charge < -0.3 is 14.2 Å². The molecule has 4 rings (SSSR count). The quantitative estimate of drug-likeness (QED) is 0.417. The lowest BCUT2D eigenvalue weighted by atomic mass is 10.1. The summed E-state index contributed by atoms with van der Waals surface area (Å²) in [6.07, 6.45) is 0.703. The molecule has 3 aromatic rings. The summed E-state index contributed by atoms with van der Waals surface area (Å²) in [5, 5.41) is 0. The Morgan fingerprint density at radius 1 is 0.848 bits per heavy atom. The summed E-state index contributed by atoms with van der Waals surface area (Å²) < 4.78 is 44.3. The van der Waals surface area contributed by atoms with Crippen LogP contribution in [0.5, 0.6) is 11.5 Å². The van der Waals surface area contributed by atoms with Crippen LogP contribution in [-0.2, 0) is 14.8 Å². The van der Waals surface area contributed by atoms with Crippen LogP contribution in [0.4, 0.5) is 5.69 Å². The largest absolute Gasteiger partial charge is 0.490 e. The minimum atomic E-state index is -3.95. The Labute approximate surface area is 191 Å². The molecule has 170 valence electrons. The Morgan fingerprint density at radius 3 is 2.36 bits per heavy atom. The fourth-order valence-electron chi connectivity index (χ4n) is 3.16. The second kappa shape index (κ2) is 9.74. The van der Waals surface area contributed by atoms with Crippen LogP contribution in [0, 0.1) is 0 Å². The van der Waals surface area contributed by atoms with E-state index in [-0.39, 0.29) is 21.9 Å². The predicted molar refractivity (Wildman–Crippen MR) is 120 cm³/mol. The first-order valence-corrected chi connectivity index (χ1v) is 11.7. The minimum Gasteiger partial charge on any atom is -0.490 e. The lowest BCUT2D eigenvalue weighted by Crippen LogP contribution is -2.15. The van der Waals surface area contributed by atoms with E-state index in [4.69, 9.17) is 14.2 Å². The van der Waals surface area contributed by atoms with Crippen molar-refractivity contribution < 1.29 is 32.2 Å². The number of sulfonamides is 1. The van der Waals surface area contributed by atoms with E-state index >= 15 is 0 Å². The number of anilines is 1. The van der Waals surface area contributed by atoms with E-state index in [1.165, 1.54) is 36.4 Å². The maximum absolute atomic E-state index is 12.9. The Kier molecular flexibility index (Phi) is 6.60. The standard InChI is InChI=1S/C24H21NO7S/c26-21(17-6-2-1-3-7-17)16-32-24(27)18-8-4-9-19(14-18)25-33(28,29)20-10-11-22-23(15-20)31-13-5-12-30-22/h1-4,6-11,14-15,25H,5,12-13,16H2. The third kappa shape index (κ3) is 5.50. The van der Waals surface area contributed by atoms with Crippen LogP contribution in [0.2, 0.25) is 0 Å². The van der Waals surface area contributed by atoms with E-state index < -0.39 is 22.6 Å². The van der Waals surface area contributed by atoms with Crippen LogP contribution in [0.1, 0.15) is 27.1 Å². The molecule has 0 saturated carbocycles. The molecule has 0 radical (unpaired) electrons. The van der Waals surface area contributed by atoms with Gasteiger partial charge in [0.1, 0.15) is 0 Å². The number of benzene rings is 3. The Bertz CT molecular complexity index is 1270. The number of Topliss-reactive ketones (excluding diaryl/α,β-unsaturated/α-hetero) is 1. The van der Waals surface area contributed by atoms with Crippen LogP contribution in [0.25, 0.3) is 0 Å². The second-order valence-electron chi connectivity index (χ2n) is 7.21. The van der Waals surface area contributed by atoms with Crippen molar-refractivity contribution in [2.24, 2.45) is 0 Å². The van der Waals surface area contributed by atoms with Crippen molar-refractivity contribution in [1.29, 1.82) is 0 Å². The summed E-state index contributed by atoms with van der Waals surface area (Å²) >= 11 is 0. The van der Waals surface area contributed by atoms with Gasteiger partial charge in [0, 0.05) is 23.7 Å². The molecule has 1 aliphatic heterocycles. The molecule has 0 bridgehead atoms. The fraction of sp³-hybridized carbons (Fsp3) is 0.167. The van der Waals surface area contributed by atoms with Crippen LogP contribution < -0.4 is 14.2 Å². The van der Waals surface area contributed by atoms with E-state index in [1.54, 1.807) is 36.4 Å². The summed E-state index contributed by atoms with van der Waals surface area (Å²) in [5.41, 5.74) is 0.711. The smallest absolute Gasteiger partial charge is 0.338 e. The number of ketones is 1. The highest BCUT2D eigenvalue weighted by Crippen LogP contribution is 2.32. The van der Waals surface area contributed by atoms with Gasteiger partial charge in [-0.15, -0.1) is 0 Å². The SMILES string of the molecule is O=C(COC(=O)c1cccc(NS(=O)(=O)c2ccc3c(c2)OCCCO3)c1)c1ccccc1. The zero-order valence-electron chi connectivity index (χ0n) is 17.5. The maximum atomic E-state index is 12.9. The van der Waals surface area contributed by atoms with Gasteiger partial charge in [0.05, 0.1) is 23.7 Å². The van der Waals surface area contributed by atoms with E-state index in [0.717, 1.165) is 0 Å². The van der Waals surface area contributed by atoms with Crippen molar-refractivity contribution >= 4 is 27.5 Å². The number of esters is 1. The third-order valence-corrected chi connectivity index (χ3v) is 6.19. The van der Waals surface area contributed by atoms with Crippen molar-refractivity contribution in [3.05, 3.63) is 83.9 Å². The molecule has 0 unspecified atom stereocenters. The van der Waals surface area contributed by atoms with E-state index in [0.29, 0.717) is 36.7 Å². The summed E-state index contributed by atoms with van der Waals surface area (Å²) in [5.74, 6) is -0.233. The predicted octanol–water partition coefficient (Wildman–Crippen LogP) is 3.69. The summed E-state index contributed by atoms with van der Waals surface area (Å²) in [4.78, 5) is 24.5. The first kappa shape index (κ1) is 22.3. The number of carbonyl (C=O) groups is 2. The fourth-order valence-corrected chi connectivity index (χ4v) is 4.22. The molecule has 0 aromatic heterocycles. The highest BCUT2D eigenvalue weighted by atomic mass is 32.2. The first-order chi connectivity index (χ1) is 15.9. The number of ether oxygens (including phenoxy) is 3. The molecule has 0 fully saturated rings. The number of rotatable bonds is 7. The van der Waals surface area contributed by atoms with Gasteiger partial charge in [0.15, 0.2) is 23.9 Å². The van der Waals surface area contributed by atoms with Crippen molar-refractivity contribution in [1.82, 2.24) is 0 Å². The third-order valence-electron chi connectivity index (χ3n) is 4.81. The molecule has 1 N–H and O–H groups in total. The molecular weight excluding hydrogens is 446 g/mol. The number of hydrogen-bond donors (Lipinski definition) is 1. The molecular formula is C24H21NO7S. The zero-order chi connectivity index (χ0) is 23.3. The monoisotopic (exact) mass is 467 g/mol.